The Balaban J connectivity index is 1.66. The van der Waals surface area contributed by atoms with Gasteiger partial charge < -0.3 is 9.84 Å². The van der Waals surface area contributed by atoms with E-state index in [9.17, 15) is 9.59 Å². The van der Waals surface area contributed by atoms with Crippen molar-refractivity contribution in [3.05, 3.63) is 46.4 Å². The van der Waals surface area contributed by atoms with Crippen LogP contribution in [0.15, 0.2) is 44.8 Å². The molecular weight excluding hydrogens is 388 g/mol. The van der Waals surface area contributed by atoms with Crippen LogP contribution < -0.4 is 10.9 Å². The van der Waals surface area contributed by atoms with Crippen molar-refractivity contribution in [3.8, 4) is 0 Å². The molecule has 152 valence electrons. The molecule has 0 saturated heterocycles. The molecule has 0 bridgehead atoms. The van der Waals surface area contributed by atoms with E-state index in [-0.39, 0.29) is 22.8 Å². The maximum Gasteiger partial charge on any atom is 0.262 e. The second-order valence-corrected chi connectivity index (χ2v) is 8.55. The molecule has 0 aliphatic heterocycles. The molecule has 7 nitrogen and oxygen atoms in total. The molecule has 4 rings (SSSR count). The van der Waals surface area contributed by atoms with Crippen LogP contribution in [0.2, 0.25) is 0 Å². The minimum Gasteiger partial charge on any atom is -0.360 e. The summed E-state index contributed by atoms with van der Waals surface area (Å²) < 4.78 is 6.82. The van der Waals surface area contributed by atoms with E-state index in [0.29, 0.717) is 34.1 Å². The van der Waals surface area contributed by atoms with Gasteiger partial charge in [0.2, 0.25) is 5.91 Å². The molecule has 1 aromatic carbocycles. The summed E-state index contributed by atoms with van der Waals surface area (Å²) in [7, 11) is 0. The van der Waals surface area contributed by atoms with Crippen LogP contribution in [0.3, 0.4) is 0 Å². The molecule has 1 atom stereocenters. The van der Waals surface area contributed by atoms with E-state index in [0.717, 1.165) is 25.7 Å². The lowest BCUT2D eigenvalue weighted by atomic mass is 10.2. The molecule has 2 heterocycles. The molecule has 29 heavy (non-hydrogen) atoms. The summed E-state index contributed by atoms with van der Waals surface area (Å²) in [6.45, 7) is 3.87. The van der Waals surface area contributed by atoms with E-state index in [1.807, 2.05) is 24.3 Å². The minimum atomic E-state index is -0.370. The first-order valence-corrected chi connectivity index (χ1v) is 10.9. The maximum absolute atomic E-state index is 13.1. The third kappa shape index (κ3) is 4.37. The molecule has 1 unspecified atom stereocenters. The summed E-state index contributed by atoms with van der Waals surface area (Å²) >= 11 is 1.37. The summed E-state index contributed by atoms with van der Waals surface area (Å²) in [5, 5.41) is 7.54. The van der Waals surface area contributed by atoms with E-state index >= 15 is 0 Å². The van der Waals surface area contributed by atoms with Gasteiger partial charge in [0.05, 0.1) is 16.2 Å². The van der Waals surface area contributed by atoms with Crippen LogP contribution in [0.4, 0.5) is 5.82 Å². The number of thioether (sulfide) groups is 1. The summed E-state index contributed by atoms with van der Waals surface area (Å²) in [5.41, 5.74) is 0.640. The number of aromatic nitrogens is 3. The van der Waals surface area contributed by atoms with Crippen LogP contribution in [-0.4, -0.2) is 25.9 Å². The van der Waals surface area contributed by atoms with Crippen molar-refractivity contribution >= 4 is 34.4 Å². The van der Waals surface area contributed by atoms with E-state index in [4.69, 9.17) is 9.51 Å². The highest BCUT2D eigenvalue weighted by atomic mass is 32.2. The van der Waals surface area contributed by atoms with Crippen LogP contribution >= 0.6 is 11.8 Å². The number of nitrogens with zero attached hydrogens (tertiary/aromatic N) is 3. The first kappa shape index (κ1) is 19.7. The fraction of sp³-hybridized carbons (Fsp3) is 0.429. The highest BCUT2D eigenvalue weighted by molar-refractivity contribution is 8.00. The number of hydrogen-bond acceptors (Lipinski definition) is 6. The van der Waals surface area contributed by atoms with Crippen LogP contribution in [0, 0.1) is 6.92 Å². The molecule has 1 amide bonds. The Labute approximate surface area is 172 Å². The third-order valence-corrected chi connectivity index (χ3v) is 6.16. The Morgan fingerprint density at radius 3 is 2.86 bits per heavy atom. The average molecular weight is 413 g/mol. The molecule has 3 aromatic rings. The lowest BCUT2D eigenvalue weighted by molar-refractivity contribution is -0.115. The normalized spacial score (nSPS) is 14.8. The monoisotopic (exact) mass is 412 g/mol. The Kier molecular flexibility index (Phi) is 5.71. The number of nitrogens with one attached hydrogen (secondary N) is 1. The van der Waals surface area contributed by atoms with Gasteiger partial charge in [-0.3, -0.25) is 14.2 Å². The fourth-order valence-electron chi connectivity index (χ4n) is 3.26. The van der Waals surface area contributed by atoms with Gasteiger partial charge in [-0.1, -0.05) is 48.8 Å². The molecule has 1 fully saturated rings. The Morgan fingerprint density at radius 1 is 1.38 bits per heavy atom. The van der Waals surface area contributed by atoms with Crippen molar-refractivity contribution in [2.45, 2.75) is 62.4 Å². The number of carbonyl (C=O) groups is 1. The van der Waals surface area contributed by atoms with Gasteiger partial charge >= 0.3 is 0 Å². The molecule has 0 spiro atoms. The lowest BCUT2D eigenvalue weighted by Crippen LogP contribution is -2.28. The number of carbonyl (C=O) groups excluding carboxylic acids is 1. The molecular formula is C21H24N4O3S. The Hall–Kier alpha value is -2.61. The number of fused-ring (bicyclic) bond motifs is 1. The molecule has 0 radical (unpaired) electrons. The zero-order valence-corrected chi connectivity index (χ0v) is 17.4. The van der Waals surface area contributed by atoms with Crippen LogP contribution in [0.5, 0.6) is 0 Å². The van der Waals surface area contributed by atoms with Crippen molar-refractivity contribution in [1.82, 2.24) is 14.7 Å². The zero-order valence-electron chi connectivity index (χ0n) is 16.6. The van der Waals surface area contributed by atoms with Gasteiger partial charge in [0.25, 0.3) is 5.56 Å². The van der Waals surface area contributed by atoms with Gasteiger partial charge in [-0.2, -0.15) is 0 Å². The van der Waals surface area contributed by atoms with Crippen LogP contribution in [-0.2, 0) is 4.79 Å². The first-order valence-electron chi connectivity index (χ1n) is 9.99. The minimum absolute atomic E-state index is 0.0256. The number of amides is 1. The molecule has 8 heteroatoms. The number of para-hydroxylation sites is 1. The van der Waals surface area contributed by atoms with Gasteiger partial charge in [-0.25, -0.2) is 4.98 Å². The van der Waals surface area contributed by atoms with Gasteiger partial charge in [-0.05, 0) is 38.3 Å². The number of unbranched alkanes of at least 4 members (excludes halogenated alkanes) is 1. The topological polar surface area (TPSA) is 90.0 Å². The SMILES string of the molecule is CCCCC(Sc1nc2ccccc2c(=O)n1C1CC1)C(=O)Nc1cc(C)on1. The van der Waals surface area contributed by atoms with Crippen molar-refractivity contribution in [3.63, 3.8) is 0 Å². The first-order chi connectivity index (χ1) is 14.1. The number of anilines is 1. The molecule has 2 aromatic heterocycles. The van der Waals surface area contributed by atoms with Crippen molar-refractivity contribution in [2.24, 2.45) is 0 Å². The predicted molar refractivity (Wildman–Crippen MR) is 113 cm³/mol. The van der Waals surface area contributed by atoms with Gasteiger partial charge in [0, 0.05) is 12.1 Å². The molecule has 1 saturated carbocycles. The maximum atomic E-state index is 13.1. The largest absolute Gasteiger partial charge is 0.360 e. The van der Waals surface area contributed by atoms with E-state index in [2.05, 4.69) is 17.4 Å². The molecule has 1 aliphatic carbocycles. The second-order valence-electron chi connectivity index (χ2n) is 7.38. The molecule has 1 N–H and O–H groups in total. The van der Waals surface area contributed by atoms with Crippen molar-refractivity contribution in [1.29, 1.82) is 0 Å². The van der Waals surface area contributed by atoms with E-state index < -0.39 is 0 Å². The van der Waals surface area contributed by atoms with Crippen molar-refractivity contribution < 1.29 is 9.32 Å². The van der Waals surface area contributed by atoms with E-state index in [1.54, 1.807) is 17.6 Å². The Morgan fingerprint density at radius 2 is 2.17 bits per heavy atom. The second kappa shape index (κ2) is 8.41. The molecule has 1 aliphatic rings. The average Bonchev–Trinajstić information content (AvgIpc) is 3.46. The van der Waals surface area contributed by atoms with Crippen LogP contribution in [0.25, 0.3) is 10.9 Å². The third-order valence-electron chi connectivity index (χ3n) is 4.93. The summed E-state index contributed by atoms with van der Waals surface area (Å²) in [5.74, 6) is 0.888. The fourth-order valence-corrected chi connectivity index (χ4v) is 4.46. The summed E-state index contributed by atoms with van der Waals surface area (Å²) in [6.07, 6.45) is 4.52. The highest BCUT2D eigenvalue weighted by Gasteiger charge is 2.31. The highest BCUT2D eigenvalue weighted by Crippen LogP contribution is 2.38. The standard InChI is InChI=1S/C21H24N4O3S/c1-3-4-9-17(19(26)23-18-12-13(2)28-24-18)29-21-22-16-8-6-5-7-15(16)20(27)25(21)14-10-11-14/h5-8,12,14,17H,3-4,9-11H2,1-2H3,(H,23,24,26). The van der Waals surface area contributed by atoms with Crippen LogP contribution in [0.1, 0.15) is 50.8 Å². The lowest BCUT2D eigenvalue weighted by Gasteiger charge is -2.18. The smallest absolute Gasteiger partial charge is 0.262 e. The number of hydrogen-bond donors (Lipinski definition) is 1. The Bertz CT molecular complexity index is 1090. The predicted octanol–water partition coefficient (Wildman–Crippen LogP) is 4.32. The van der Waals surface area contributed by atoms with E-state index in [1.165, 1.54) is 11.8 Å². The van der Waals surface area contributed by atoms with Gasteiger partial charge in [-0.15, -0.1) is 0 Å². The quantitative estimate of drug-likeness (QED) is 0.438. The summed E-state index contributed by atoms with van der Waals surface area (Å²) in [6, 6.07) is 9.25. The number of aryl methyl sites for hydroxylation is 1. The van der Waals surface area contributed by atoms with Gasteiger partial charge in [0.15, 0.2) is 11.0 Å². The number of rotatable bonds is 8. The van der Waals surface area contributed by atoms with Gasteiger partial charge in [0.1, 0.15) is 5.76 Å². The summed E-state index contributed by atoms with van der Waals surface area (Å²) in [4.78, 5) is 30.8. The number of benzene rings is 1. The zero-order chi connectivity index (χ0) is 20.4. The van der Waals surface area contributed by atoms with Crippen molar-refractivity contribution in [2.75, 3.05) is 5.32 Å².